The number of quaternary nitrogens is 1. The van der Waals surface area contributed by atoms with Crippen molar-refractivity contribution >= 4 is 10.4 Å². The largest absolute Gasteiger partial charge is 0.726 e. The highest BCUT2D eigenvalue weighted by Crippen LogP contribution is 2.48. The molecular formula is C24H33NO9S. The number of hydrogen-bond donors (Lipinski definition) is 0. The smallest absolute Gasteiger partial charge is 0.217 e. The molecule has 1 aliphatic heterocycles. The Labute approximate surface area is 206 Å². The summed E-state index contributed by atoms with van der Waals surface area (Å²) in [6, 6.07) is 7.64. The van der Waals surface area contributed by atoms with Crippen molar-refractivity contribution in [1.29, 1.82) is 0 Å². The first-order chi connectivity index (χ1) is 16.6. The minimum atomic E-state index is -4.74. The standard InChI is InChI=1S/C24H33NO9S/c1-25(9-7-11-34-35(26,27)28)10-8-16-12-19(29-2)20(30-3)15-18(16)23(25)17-13-21(31-4)24(33-6)22(14-17)32-5/h12-15,23H,7-11H2,1-6H3/t23-,25-/m1/s1. The molecule has 11 heteroatoms. The third kappa shape index (κ3) is 5.75. The molecule has 1 heterocycles. The van der Waals surface area contributed by atoms with E-state index < -0.39 is 10.4 Å². The van der Waals surface area contributed by atoms with E-state index in [0.29, 0.717) is 46.2 Å². The predicted octanol–water partition coefficient (Wildman–Crippen LogP) is 2.69. The number of methoxy groups -OCH3 is 5. The van der Waals surface area contributed by atoms with Crippen molar-refractivity contribution in [3.63, 3.8) is 0 Å². The Morgan fingerprint density at radius 2 is 1.46 bits per heavy atom. The number of nitrogens with zero attached hydrogens (tertiary/aromatic N) is 1. The van der Waals surface area contributed by atoms with Crippen LogP contribution < -0.4 is 23.7 Å². The van der Waals surface area contributed by atoms with E-state index in [1.54, 1.807) is 35.5 Å². The molecule has 0 fully saturated rings. The summed E-state index contributed by atoms with van der Waals surface area (Å²) >= 11 is 0. The van der Waals surface area contributed by atoms with E-state index in [1.165, 1.54) is 0 Å². The van der Waals surface area contributed by atoms with Crippen molar-refractivity contribution in [2.75, 3.05) is 62.3 Å². The highest BCUT2D eigenvalue weighted by Gasteiger charge is 2.41. The second kappa shape index (κ2) is 10.9. The van der Waals surface area contributed by atoms with Crippen LogP contribution in [0.25, 0.3) is 0 Å². The summed E-state index contributed by atoms with van der Waals surface area (Å²) in [5.41, 5.74) is 3.09. The summed E-state index contributed by atoms with van der Waals surface area (Å²) in [7, 11) is 5.25. The number of benzene rings is 2. The molecule has 0 bridgehead atoms. The van der Waals surface area contributed by atoms with Gasteiger partial charge in [-0.1, -0.05) is 0 Å². The Morgan fingerprint density at radius 3 is 1.97 bits per heavy atom. The quantitative estimate of drug-likeness (QED) is 0.194. The van der Waals surface area contributed by atoms with Crippen molar-refractivity contribution in [2.45, 2.75) is 18.9 Å². The van der Waals surface area contributed by atoms with Crippen molar-refractivity contribution in [2.24, 2.45) is 0 Å². The number of hydrogen-bond acceptors (Lipinski definition) is 9. The van der Waals surface area contributed by atoms with E-state index in [0.717, 1.165) is 29.7 Å². The van der Waals surface area contributed by atoms with Crippen LogP contribution in [0.4, 0.5) is 0 Å². The molecule has 0 radical (unpaired) electrons. The number of likely N-dealkylation sites (N-methyl/N-ethyl adjacent to an activating group) is 1. The Balaban J connectivity index is 2.15. The van der Waals surface area contributed by atoms with E-state index in [4.69, 9.17) is 23.7 Å². The lowest BCUT2D eigenvalue weighted by Gasteiger charge is -2.46. The molecular weight excluding hydrogens is 478 g/mol. The van der Waals surface area contributed by atoms with Gasteiger partial charge in [0, 0.05) is 24.0 Å². The molecule has 1 aliphatic rings. The van der Waals surface area contributed by atoms with Crippen molar-refractivity contribution in [3.05, 3.63) is 41.0 Å². The molecule has 10 nitrogen and oxygen atoms in total. The molecule has 0 unspecified atom stereocenters. The van der Waals surface area contributed by atoms with E-state index >= 15 is 0 Å². The van der Waals surface area contributed by atoms with E-state index in [-0.39, 0.29) is 12.6 Å². The summed E-state index contributed by atoms with van der Waals surface area (Å²) in [6.07, 6.45) is 1.15. The average molecular weight is 512 g/mol. The molecule has 194 valence electrons. The maximum absolute atomic E-state index is 10.9. The van der Waals surface area contributed by atoms with Crippen LogP contribution >= 0.6 is 0 Å². The van der Waals surface area contributed by atoms with Gasteiger partial charge in [0.25, 0.3) is 0 Å². The molecule has 2 aromatic carbocycles. The van der Waals surface area contributed by atoms with Gasteiger partial charge in [0.1, 0.15) is 6.04 Å². The summed E-state index contributed by atoms with van der Waals surface area (Å²) < 4.78 is 65.5. The molecule has 0 aliphatic carbocycles. The van der Waals surface area contributed by atoms with Crippen molar-refractivity contribution < 1.29 is 45.3 Å². The zero-order valence-corrected chi connectivity index (χ0v) is 21.8. The molecule has 0 N–H and O–H groups in total. The fourth-order valence-corrected chi connectivity index (χ4v) is 5.20. The second-order valence-corrected chi connectivity index (χ2v) is 9.58. The molecule has 35 heavy (non-hydrogen) atoms. The van der Waals surface area contributed by atoms with Crippen molar-refractivity contribution in [3.8, 4) is 28.7 Å². The van der Waals surface area contributed by atoms with Crippen LogP contribution in [-0.2, 0) is 21.0 Å². The van der Waals surface area contributed by atoms with Gasteiger partial charge in [-0.3, -0.25) is 4.18 Å². The summed E-state index contributed by atoms with van der Waals surface area (Å²) in [5, 5.41) is 0. The molecule has 0 aromatic heterocycles. The van der Waals surface area contributed by atoms with E-state index in [1.807, 2.05) is 24.3 Å². The number of rotatable bonds is 11. The maximum Gasteiger partial charge on any atom is 0.217 e. The molecule has 0 saturated heterocycles. The lowest BCUT2D eigenvalue weighted by Crippen LogP contribution is -2.52. The maximum atomic E-state index is 10.9. The second-order valence-electron chi connectivity index (χ2n) is 8.53. The van der Waals surface area contributed by atoms with Crippen LogP contribution in [0.2, 0.25) is 0 Å². The topological polar surface area (TPSA) is 113 Å². The Hall–Kier alpha value is -2.73. The van der Waals surface area contributed by atoms with Gasteiger partial charge in [0.05, 0.1) is 62.3 Å². The molecule has 0 spiro atoms. The summed E-state index contributed by atoms with van der Waals surface area (Å²) in [5.74, 6) is 2.81. The normalized spacial score (nSPS) is 19.6. The Bertz CT molecular complexity index is 1130. The van der Waals surface area contributed by atoms with E-state index in [2.05, 4.69) is 11.2 Å². The molecule has 0 saturated carbocycles. The Morgan fingerprint density at radius 1 is 0.886 bits per heavy atom. The van der Waals surface area contributed by atoms with Crippen LogP contribution in [0.3, 0.4) is 0 Å². The number of fused-ring (bicyclic) bond motifs is 1. The monoisotopic (exact) mass is 511 g/mol. The lowest BCUT2D eigenvalue weighted by molar-refractivity contribution is -0.935. The summed E-state index contributed by atoms with van der Waals surface area (Å²) in [4.78, 5) is 0. The third-order valence-corrected chi connectivity index (χ3v) is 6.95. The van der Waals surface area contributed by atoms with Gasteiger partial charge in [0.2, 0.25) is 16.1 Å². The van der Waals surface area contributed by atoms with Gasteiger partial charge in [-0.2, -0.15) is 0 Å². The first kappa shape index (κ1) is 26.9. The first-order valence-electron chi connectivity index (χ1n) is 11.1. The van der Waals surface area contributed by atoms with Gasteiger partial charge >= 0.3 is 0 Å². The third-order valence-electron chi connectivity index (χ3n) is 6.50. The van der Waals surface area contributed by atoms with Crippen molar-refractivity contribution in [1.82, 2.24) is 0 Å². The molecule has 3 rings (SSSR count). The fraction of sp³-hybridized carbons (Fsp3) is 0.500. The summed E-state index contributed by atoms with van der Waals surface area (Å²) in [6.45, 7) is 1.14. The fourth-order valence-electron chi connectivity index (χ4n) is 4.87. The van der Waals surface area contributed by atoms with E-state index in [9.17, 15) is 13.0 Å². The zero-order chi connectivity index (χ0) is 25.8. The van der Waals surface area contributed by atoms with Gasteiger partial charge in [-0.25, -0.2) is 8.42 Å². The van der Waals surface area contributed by atoms with Gasteiger partial charge < -0.3 is 32.7 Å². The van der Waals surface area contributed by atoms with Gasteiger partial charge in [-0.15, -0.1) is 0 Å². The predicted molar refractivity (Wildman–Crippen MR) is 127 cm³/mol. The van der Waals surface area contributed by atoms with Gasteiger partial charge in [-0.05, 0) is 29.8 Å². The highest BCUT2D eigenvalue weighted by atomic mass is 32.3. The minimum absolute atomic E-state index is 0.180. The Kier molecular flexibility index (Phi) is 8.37. The SMILES string of the molecule is COc1cc2c(cc1OC)[C@@H](c1cc(OC)c(OC)c(OC)c1)[N@+](C)(CCCOS(=O)(=O)[O-])CC2. The van der Waals surface area contributed by atoms with Crippen LogP contribution in [0.5, 0.6) is 28.7 Å². The van der Waals surface area contributed by atoms with Crippen LogP contribution in [-0.4, -0.2) is 79.7 Å². The minimum Gasteiger partial charge on any atom is -0.726 e. The highest BCUT2D eigenvalue weighted by molar-refractivity contribution is 7.80. The van der Waals surface area contributed by atoms with Gasteiger partial charge in [0.15, 0.2) is 23.0 Å². The molecule has 2 aromatic rings. The average Bonchev–Trinajstić information content (AvgIpc) is 2.84. The lowest BCUT2D eigenvalue weighted by atomic mass is 9.85. The number of ether oxygens (including phenoxy) is 5. The molecule has 2 atom stereocenters. The zero-order valence-electron chi connectivity index (χ0n) is 21.0. The first-order valence-corrected chi connectivity index (χ1v) is 12.4. The van der Waals surface area contributed by atoms with Crippen LogP contribution in [0.15, 0.2) is 24.3 Å². The molecule has 0 amide bonds. The van der Waals surface area contributed by atoms with Crippen LogP contribution in [0, 0.1) is 0 Å². The van der Waals surface area contributed by atoms with Crippen LogP contribution in [0.1, 0.15) is 29.2 Å².